The fourth-order valence-corrected chi connectivity index (χ4v) is 2.48. The third-order valence-corrected chi connectivity index (χ3v) is 3.81. The van der Waals surface area contributed by atoms with E-state index < -0.39 is 12.0 Å². The fourth-order valence-electron chi connectivity index (χ4n) is 2.48. The molecule has 5 heteroatoms. The highest BCUT2D eigenvalue weighted by Crippen LogP contribution is 2.23. The van der Waals surface area contributed by atoms with Gasteiger partial charge < -0.3 is 15.7 Å². The molecule has 0 bridgehead atoms. The third kappa shape index (κ3) is 3.81. The summed E-state index contributed by atoms with van der Waals surface area (Å²) in [5.74, 6) is -0.956. The Kier molecular flexibility index (Phi) is 5.37. The second-order valence-electron chi connectivity index (χ2n) is 5.60. The van der Waals surface area contributed by atoms with Crippen LogP contribution in [0.5, 0.6) is 0 Å². The van der Waals surface area contributed by atoms with Gasteiger partial charge in [0.2, 0.25) is 0 Å². The number of aliphatic carboxylic acids is 1. The summed E-state index contributed by atoms with van der Waals surface area (Å²) in [7, 11) is 1.68. The molecule has 0 radical (unpaired) electrons. The lowest BCUT2D eigenvalue weighted by atomic mass is 10.0. The van der Waals surface area contributed by atoms with E-state index in [1.54, 1.807) is 54.6 Å². The van der Waals surface area contributed by atoms with E-state index >= 15 is 0 Å². The molecule has 0 spiro atoms. The maximum Gasteiger partial charge on any atom is 0.331 e. The normalized spacial score (nSPS) is 12.1. The van der Waals surface area contributed by atoms with Gasteiger partial charge in [-0.25, -0.2) is 4.79 Å². The summed E-state index contributed by atoms with van der Waals surface area (Å²) in [4.78, 5) is 24.4. The number of carbonyl (C=O) groups is 2. The van der Waals surface area contributed by atoms with Crippen LogP contribution in [-0.4, -0.2) is 29.3 Å². The molecule has 0 amide bonds. The Balaban J connectivity index is 2.32. The number of rotatable bonds is 6. The monoisotopic (exact) mass is 324 g/mol. The van der Waals surface area contributed by atoms with Crippen molar-refractivity contribution in [3.05, 3.63) is 70.9 Å². The summed E-state index contributed by atoms with van der Waals surface area (Å²) in [6.45, 7) is 1.95. The maximum atomic E-state index is 11.7. The van der Waals surface area contributed by atoms with Gasteiger partial charge in [0, 0.05) is 30.1 Å². The highest BCUT2D eigenvalue weighted by molar-refractivity contribution is 5.86. The number of carbonyl (C=O) groups excluding carboxylic acids is 1. The first-order valence-electron chi connectivity index (χ1n) is 7.47. The quantitative estimate of drug-likeness (QED) is 0.630. The van der Waals surface area contributed by atoms with Gasteiger partial charge in [0.05, 0.1) is 0 Å². The smallest absolute Gasteiger partial charge is 0.331 e. The molecule has 0 fully saturated rings. The number of aldehydes is 1. The Morgan fingerprint density at radius 1 is 1.21 bits per heavy atom. The standard InChI is InChI=1S/C19H20N2O3/c1-13-6-8-14(9-7-13)18(19(23)24)21(2)11-10-16-15(12-22)4-3-5-17(16)20/h3-12,18H,20H2,1-2H3,(H,23,24)/b11-10-. The molecule has 1 unspecified atom stereocenters. The van der Waals surface area contributed by atoms with Gasteiger partial charge in [-0.2, -0.15) is 0 Å². The molecule has 0 saturated carbocycles. The van der Waals surface area contributed by atoms with E-state index in [0.717, 1.165) is 11.8 Å². The van der Waals surface area contributed by atoms with Gasteiger partial charge in [-0.3, -0.25) is 4.79 Å². The number of nitrogens with two attached hydrogens (primary N) is 1. The van der Waals surface area contributed by atoms with Crippen LogP contribution in [0.4, 0.5) is 5.69 Å². The van der Waals surface area contributed by atoms with Crippen LogP contribution in [0.2, 0.25) is 0 Å². The number of likely N-dealkylation sites (N-methyl/N-ethyl adjacent to an activating group) is 1. The minimum absolute atomic E-state index is 0.460. The zero-order valence-electron chi connectivity index (χ0n) is 13.6. The van der Waals surface area contributed by atoms with Crippen LogP contribution in [0.25, 0.3) is 6.08 Å². The van der Waals surface area contributed by atoms with Crippen LogP contribution >= 0.6 is 0 Å². The summed E-state index contributed by atoms with van der Waals surface area (Å²) in [5, 5.41) is 9.56. The molecule has 24 heavy (non-hydrogen) atoms. The van der Waals surface area contributed by atoms with Gasteiger partial charge in [-0.1, -0.05) is 42.0 Å². The Labute approximate surface area is 141 Å². The molecule has 2 rings (SSSR count). The molecular formula is C19H20N2O3. The van der Waals surface area contributed by atoms with Crippen LogP contribution < -0.4 is 5.73 Å². The van der Waals surface area contributed by atoms with Crippen molar-refractivity contribution < 1.29 is 14.7 Å². The first kappa shape index (κ1) is 17.3. The van der Waals surface area contributed by atoms with Crippen LogP contribution in [0.1, 0.15) is 33.1 Å². The Morgan fingerprint density at radius 3 is 2.46 bits per heavy atom. The Hall–Kier alpha value is -3.08. The average molecular weight is 324 g/mol. The Morgan fingerprint density at radius 2 is 1.88 bits per heavy atom. The van der Waals surface area contributed by atoms with E-state index in [1.807, 2.05) is 19.1 Å². The number of carboxylic acid groups (broad SMARTS) is 1. The van der Waals surface area contributed by atoms with Crippen LogP contribution in [0, 0.1) is 6.92 Å². The highest BCUT2D eigenvalue weighted by Gasteiger charge is 2.22. The van der Waals surface area contributed by atoms with Gasteiger partial charge >= 0.3 is 5.97 Å². The fraction of sp³-hybridized carbons (Fsp3) is 0.158. The summed E-state index contributed by atoms with van der Waals surface area (Å²) >= 11 is 0. The van der Waals surface area contributed by atoms with Crippen molar-refractivity contribution in [3.63, 3.8) is 0 Å². The number of carboxylic acids is 1. The van der Waals surface area contributed by atoms with Crippen LogP contribution in [0.15, 0.2) is 48.7 Å². The van der Waals surface area contributed by atoms with Crippen molar-refractivity contribution in [1.82, 2.24) is 4.90 Å². The predicted molar refractivity (Wildman–Crippen MR) is 94.6 cm³/mol. The Bertz CT molecular complexity index is 767. The van der Waals surface area contributed by atoms with Gasteiger partial charge in [-0.05, 0) is 24.6 Å². The molecule has 2 aromatic rings. The lowest BCUT2D eigenvalue weighted by Crippen LogP contribution is -2.26. The molecule has 2 aromatic carbocycles. The van der Waals surface area contributed by atoms with Gasteiger partial charge in [-0.15, -0.1) is 0 Å². The lowest BCUT2D eigenvalue weighted by molar-refractivity contribution is -0.142. The molecule has 0 aliphatic carbocycles. The molecule has 0 aliphatic rings. The molecule has 124 valence electrons. The summed E-state index contributed by atoms with van der Waals surface area (Å²) in [6, 6.07) is 11.6. The lowest BCUT2D eigenvalue weighted by Gasteiger charge is -2.23. The predicted octanol–water partition coefficient (Wildman–Crippen LogP) is 3.12. The maximum absolute atomic E-state index is 11.7. The zero-order chi connectivity index (χ0) is 17.7. The van der Waals surface area contributed by atoms with Gasteiger partial charge in [0.15, 0.2) is 12.3 Å². The van der Waals surface area contributed by atoms with Gasteiger partial charge in [0.25, 0.3) is 0 Å². The minimum atomic E-state index is -0.956. The minimum Gasteiger partial charge on any atom is -0.479 e. The highest BCUT2D eigenvalue weighted by atomic mass is 16.4. The van der Waals surface area contributed by atoms with Crippen molar-refractivity contribution in [2.75, 3.05) is 12.8 Å². The number of nitrogen functional groups attached to an aromatic ring is 1. The topological polar surface area (TPSA) is 83.6 Å². The summed E-state index contributed by atoms with van der Waals surface area (Å²) < 4.78 is 0. The molecule has 0 heterocycles. The van der Waals surface area contributed by atoms with Crippen molar-refractivity contribution in [3.8, 4) is 0 Å². The van der Waals surface area contributed by atoms with Crippen molar-refractivity contribution in [2.24, 2.45) is 0 Å². The molecular weight excluding hydrogens is 304 g/mol. The van der Waals surface area contributed by atoms with Crippen LogP contribution in [0.3, 0.4) is 0 Å². The molecule has 0 saturated heterocycles. The molecule has 1 atom stereocenters. The van der Waals surface area contributed by atoms with Crippen molar-refractivity contribution in [2.45, 2.75) is 13.0 Å². The number of benzene rings is 2. The van der Waals surface area contributed by atoms with Crippen molar-refractivity contribution >= 4 is 24.0 Å². The van der Waals surface area contributed by atoms with Crippen LogP contribution in [-0.2, 0) is 4.79 Å². The van der Waals surface area contributed by atoms with E-state index in [0.29, 0.717) is 22.4 Å². The number of anilines is 1. The van der Waals surface area contributed by atoms with E-state index in [-0.39, 0.29) is 0 Å². The SMILES string of the molecule is Cc1ccc(C(C(=O)O)N(C)/C=C\c2c(N)cccc2C=O)cc1. The average Bonchev–Trinajstić information content (AvgIpc) is 2.55. The van der Waals surface area contributed by atoms with E-state index in [9.17, 15) is 14.7 Å². The summed E-state index contributed by atoms with van der Waals surface area (Å²) in [6.07, 6.45) is 4.01. The number of aryl methyl sites for hydroxylation is 1. The first-order chi connectivity index (χ1) is 11.4. The second-order valence-corrected chi connectivity index (χ2v) is 5.60. The van der Waals surface area contributed by atoms with E-state index in [4.69, 9.17) is 5.73 Å². The summed E-state index contributed by atoms with van der Waals surface area (Å²) in [5.41, 5.74) is 9.14. The third-order valence-electron chi connectivity index (χ3n) is 3.81. The first-order valence-corrected chi connectivity index (χ1v) is 7.47. The second kappa shape index (κ2) is 7.46. The number of hydrogen-bond donors (Lipinski definition) is 2. The van der Waals surface area contributed by atoms with E-state index in [2.05, 4.69) is 0 Å². The molecule has 0 aromatic heterocycles. The molecule has 3 N–H and O–H groups in total. The van der Waals surface area contributed by atoms with Gasteiger partial charge in [0.1, 0.15) is 0 Å². The molecule has 0 aliphatic heterocycles. The molecule has 5 nitrogen and oxygen atoms in total. The largest absolute Gasteiger partial charge is 0.479 e. The van der Waals surface area contributed by atoms with E-state index in [1.165, 1.54) is 0 Å². The number of nitrogens with zero attached hydrogens (tertiary/aromatic N) is 1. The zero-order valence-corrected chi connectivity index (χ0v) is 13.6. The van der Waals surface area contributed by atoms with Crippen molar-refractivity contribution in [1.29, 1.82) is 0 Å². The number of hydrogen-bond acceptors (Lipinski definition) is 4.